The maximum atomic E-state index is 13.3. The molecule has 4 nitrogen and oxygen atoms in total. The van der Waals surface area contributed by atoms with Crippen LogP contribution in [0.1, 0.15) is 0 Å². The molecule has 2 fully saturated rings. The summed E-state index contributed by atoms with van der Waals surface area (Å²) in [5.74, 6) is 0. The topological polar surface area (TPSA) is 41.9 Å². The van der Waals surface area contributed by atoms with Gasteiger partial charge >= 0.3 is 0 Å². The summed E-state index contributed by atoms with van der Waals surface area (Å²) in [4.78, 5) is 1.84. The number of halogens is 1. The second-order valence-electron chi connectivity index (χ2n) is 3.96. The number of aliphatic hydroxyl groups excluding tert-OH is 1. The van der Waals surface area contributed by atoms with Crippen LogP contribution >= 0.6 is 0 Å². The van der Waals surface area contributed by atoms with Crippen molar-refractivity contribution in [3.63, 3.8) is 0 Å². The van der Waals surface area contributed by atoms with Gasteiger partial charge in [-0.25, -0.2) is 4.39 Å². The van der Waals surface area contributed by atoms with Gasteiger partial charge in [-0.05, 0) is 7.05 Å². The van der Waals surface area contributed by atoms with Crippen LogP contribution in [0.2, 0.25) is 0 Å². The maximum absolute atomic E-state index is 13.3. The van der Waals surface area contributed by atoms with Crippen molar-refractivity contribution >= 4 is 0 Å². The minimum absolute atomic E-state index is 0.0973. The predicted octanol–water partition coefficient (Wildman–Crippen LogP) is -0.585. The minimum atomic E-state index is -0.951. The fraction of sp³-hybridized carbons (Fsp3) is 1.00. The van der Waals surface area contributed by atoms with Crippen LogP contribution in [0.3, 0.4) is 0 Å². The molecule has 0 spiro atoms. The van der Waals surface area contributed by atoms with E-state index in [0.29, 0.717) is 19.8 Å². The smallest absolute Gasteiger partial charge is 0.141 e. The summed E-state index contributed by atoms with van der Waals surface area (Å²) >= 11 is 0. The number of likely N-dealkylation sites (N-methyl/N-ethyl adjacent to an activating group) is 1. The third-order valence-electron chi connectivity index (χ3n) is 3.05. The summed E-state index contributed by atoms with van der Waals surface area (Å²) in [6.45, 7) is 1.39. The highest BCUT2D eigenvalue weighted by atomic mass is 19.1. The van der Waals surface area contributed by atoms with E-state index in [0.717, 1.165) is 0 Å². The first-order chi connectivity index (χ1) is 6.70. The lowest BCUT2D eigenvalue weighted by Crippen LogP contribution is -2.49. The molecule has 2 rings (SSSR count). The van der Waals surface area contributed by atoms with Gasteiger partial charge in [0, 0.05) is 0 Å². The SMILES string of the molecule is CN(C1COC[C@H]1O)[C@@H]1COC[C@H]1F. The molecule has 0 bridgehead atoms. The first-order valence-electron chi connectivity index (χ1n) is 4.89. The highest BCUT2D eigenvalue weighted by Gasteiger charge is 2.39. The summed E-state index contributed by atoms with van der Waals surface area (Å²) in [6, 6.07) is -0.337. The fourth-order valence-corrected chi connectivity index (χ4v) is 2.06. The van der Waals surface area contributed by atoms with E-state index in [2.05, 4.69) is 0 Å². The Balaban J connectivity index is 1.96. The Labute approximate surface area is 82.6 Å². The zero-order valence-corrected chi connectivity index (χ0v) is 8.23. The van der Waals surface area contributed by atoms with Crippen molar-refractivity contribution in [2.75, 3.05) is 33.5 Å². The molecule has 14 heavy (non-hydrogen) atoms. The summed E-state index contributed by atoms with van der Waals surface area (Å²) in [6.07, 6.45) is -1.46. The molecule has 2 heterocycles. The Hall–Kier alpha value is -0.230. The average molecular weight is 205 g/mol. The van der Waals surface area contributed by atoms with E-state index in [4.69, 9.17) is 9.47 Å². The van der Waals surface area contributed by atoms with E-state index >= 15 is 0 Å². The van der Waals surface area contributed by atoms with Gasteiger partial charge in [-0.3, -0.25) is 4.90 Å². The molecule has 0 aromatic carbocycles. The maximum Gasteiger partial charge on any atom is 0.141 e. The van der Waals surface area contributed by atoms with Crippen LogP contribution < -0.4 is 0 Å². The lowest BCUT2D eigenvalue weighted by Gasteiger charge is -2.31. The van der Waals surface area contributed by atoms with E-state index in [9.17, 15) is 9.50 Å². The molecular weight excluding hydrogens is 189 g/mol. The zero-order chi connectivity index (χ0) is 10.1. The zero-order valence-electron chi connectivity index (χ0n) is 8.23. The molecule has 2 saturated heterocycles. The van der Waals surface area contributed by atoms with Crippen LogP contribution in [0.25, 0.3) is 0 Å². The van der Waals surface area contributed by atoms with Crippen LogP contribution in [-0.2, 0) is 9.47 Å². The molecule has 4 atom stereocenters. The van der Waals surface area contributed by atoms with E-state index in [1.54, 1.807) is 0 Å². The summed E-state index contributed by atoms with van der Waals surface area (Å²) in [5.41, 5.74) is 0. The highest BCUT2D eigenvalue weighted by molar-refractivity contribution is 4.90. The van der Waals surface area contributed by atoms with Crippen molar-refractivity contribution in [2.24, 2.45) is 0 Å². The standard InChI is InChI=1S/C9H16FNO3/c1-11(7-3-13-2-6(7)10)8-4-14-5-9(8)12/h6-9,12H,2-5H2,1H3/t6-,7-,8?,9-/m1/s1. The van der Waals surface area contributed by atoms with Crippen LogP contribution in [-0.4, -0.2) is 67.8 Å². The van der Waals surface area contributed by atoms with Gasteiger partial charge in [0.2, 0.25) is 0 Å². The number of alkyl halides is 1. The summed E-state index contributed by atoms with van der Waals surface area (Å²) in [7, 11) is 1.81. The molecule has 2 aliphatic heterocycles. The lowest BCUT2D eigenvalue weighted by atomic mass is 10.1. The van der Waals surface area contributed by atoms with Crippen LogP contribution in [0, 0.1) is 0 Å². The number of aliphatic hydroxyl groups is 1. The van der Waals surface area contributed by atoms with E-state index in [1.165, 1.54) is 0 Å². The summed E-state index contributed by atoms with van der Waals surface area (Å²) in [5, 5.41) is 9.58. The predicted molar refractivity (Wildman–Crippen MR) is 47.9 cm³/mol. The second-order valence-corrected chi connectivity index (χ2v) is 3.96. The van der Waals surface area contributed by atoms with Crippen molar-refractivity contribution in [3.05, 3.63) is 0 Å². The monoisotopic (exact) mass is 205 g/mol. The van der Waals surface area contributed by atoms with Gasteiger partial charge in [0.15, 0.2) is 0 Å². The molecule has 2 aliphatic rings. The molecule has 82 valence electrons. The molecule has 5 heteroatoms. The van der Waals surface area contributed by atoms with Gasteiger partial charge in [-0.1, -0.05) is 0 Å². The van der Waals surface area contributed by atoms with Gasteiger partial charge in [0.05, 0.1) is 44.6 Å². The van der Waals surface area contributed by atoms with Crippen LogP contribution in [0.5, 0.6) is 0 Å². The van der Waals surface area contributed by atoms with E-state index < -0.39 is 12.3 Å². The van der Waals surface area contributed by atoms with Gasteiger partial charge in [0.1, 0.15) is 6.17 Å². The number of hydrogen-bond acceptors (Lipinski definition) is 4. The van der Waals surface area contributed by atoms with Gasteiger partial charge in [-0.15, -0.1) is 0 Å². The number of ether oxygens (including phenoxy) is 2. The Kier molecular flexibility index (Phi) is 3.02. The van der Waals surface area contributed by atoms with Crippen molar-refractivity contribution in [3.8, 4) is 0 Å². The quantitative estimate of drug-likeness (QED) is 0.654. The van der Waals surface area contributed by atoms with Gasteiger partial charge in [0.25, 0.3) is 0 Å². The van der Waals surface area contributed by atoms with Crippen molar-refractivity contribution in [1.82, 2.24) is 4.90 Å². The number of nitrogens with zero attached hydrogens (tertiary/aromatic N) is 1. The molecule has 1 unspecified atom stereocenters. The normalized spacial score (nSPS) is 43.7. The highest BCUT2D eigenvalue weighted by Crippen LogP contribution is 2.21. The van der Waals surface area contributed by atoms with Crippen LogP contribution in [0.15, 0.2) is 0 Å². The van der Waals surface area contributed by atoms with Crippen molar-refractivity contribution < 1.29 is 19.0 Å². The molecule has 1 N–H and O–H groups in total. The molecule has 0 saturated carbocycles. The molecule has 0 amide bonds. The Morgan fingerprint density at radius 3 is 2.29 bits per heavy atom. The Morgan fingerprint density at radius 1 is 1.14 bits per heavy atom. The summed E-state index contributed by atoms with van der Waals surface area (Å²) < 4.78 is 23.5. The number of hydrogen-bond donors (Lipinski definition) is 1. The largest absolute Gasteiger partial charge is 0.389 e. The third-order valence-corrected chi connectivity index (χ3v) is 3.05. The molecule has 0 aromatic rings. The third kappa shape index (κ3) is 1.77. The van der Waals surface area contributed by atoms with Crippen molar-refractivity contribution in [1.29, 1.82) is 0 Å². The minimum Gasteiger partial charge on any atom is -0.389 e. The Morgan fingerprint density at radius 2 is 1.79 bits per heavy atom. The number of rotatable bonds is 2. The fourth-order valence-electron chi connectivity index (χ4n) is 2.06. The van der Waals surface area contributed by atoms with Gasteiger partial charge < -0.3 is 14.6 Å². The van der Waals surface area contributed by atoms with E-state index in [-0.39, 0.29) is 18.7 Å². The second kappa shape index (κ2) is 4.10. The molecular formula is C9H16FNO3. The van der Waals surface area contributed by atoms with Gasteiger partial charge in [-0.2, -0.15) is 0 Å². The van der Waals surface area contributed by atoms with Crippen LogP contribution in [0.4, 0.5) is 4.39 Å². The molecule has 0 aliphatic carbocycles. The first kappa shape index (κ1) is 10.3. The van der Waals surface area contributed by atoms with Crippen molar-refractivity contribution in [2.45, 2.75) is 24.4 Å². The molecule has 0 radical (unpaired) electrons. The first-order valence-corrected chi connectivity index (χ1v) is 4.89. The lowest BCUT2D eigenvalue weighted by molar-refractivity contribution is 0.0541. The van der Waals surface area contributed by atoms with E-state index in [1.807, 2.05) is 11.9 Å². The molecule has 0 aromatic heterocycles. The average Bonchev–Trinajstić information content (AvgIpc) is 2.73. The Bertz CT molecular complexity index is 184.